The molecule has 1 atom stereocenters. The molecule has 140 valence electrons. The molecule has 0 radical (unpaired) electrons. The standard InChI is InChI=1S/C21H21BrN2O3/c1-3-27-20(25)18-14(2)24(13-15-7-5-4-6-8-15)21(26)23-19(18)16-9-11-17(22)12-10-16/h4-12,19H,3,13H2,1-2H3,(H,23,26)/t19-/m1/s1. The van der Waals surface area contributed by atoms with E-state index in [1.165, 1.54) is 0 Å². The lowest BCUT2D eigenvalue weighted by molar-refractivity contribution is -0.139. The van der Waals surface area contributed by atoms with E-state index in [0.717, 1.165) is 15.6 Å². The number of nitrogens with one attached hydrogen (secondary N) is 1. The molecule has 2 aromatic rings. The first-order valence-corrected chi connectivity index (χ1v) is 9.56. The summed E-state index contributed by atoms with van der Waals surface area (Å²) in [5.41, 5.74) is 2.87. The molecule has 27 heavy (non-hydrogen) atoms. The minimum atomic E-state index is -0.545. The third kappa shape index (κ3) is 4.22. The number of allylic oxidation sites excluding steroid dienone is 1. The Hall–Kier alpha value is -2.60. The van der Waals surface area contributed by atoms with Crippen LogP contribution in [0.15, 0.2) is 70.3 Å². The summed E-state index contributed by atoms with van der Waals surface area (Å²) in [6.07, 6.45) is 0. The monoisotopic (exact) mass is 428 g/mol. The number of hydrogen-bond donors (Lipinski definition) is 1. The molecular formula is C21H21BrN2O3. The van der Waals surface area contributed by atoms with Gasteiger partial charge in [0, 0.05) is 10.2 Å². The highest BCUT2D eigenvalue weighted by Crippen LogP contribution is 2.32. The zero-order valence-electron chi connectivity index (χ0n) is 15.2. The molecule has 2 aromatic carbocycles. The van der Waals surface area contributed by atoms with Crippen LogP contribution in [0.4, 0.5) is 4.79 Å². The zero-order chi connectivity index (χ0) is 19.4. The zero-order valence-corrected chi connectivity index (χ0v) is 16.8. The highest BCUT2D eigenvalue weighted by Gasteiger charge is 2.36. The summed E-state index contributed by atoms with van der Waals surface area (Å²) in [6.45, 7) is 4.22. The van der Waals surface area contributed by atoms with Crippen molar-refractivity contribution in [2.24, 2.45) is 0 Å². The van der Waals surface area contributed by atoms with Crippen LogP contribution in [0.25, 0.3) is 0 Å². The number of ether oxygens (including phenoxy) is 1. The lowest BCUT2D eigenvalue weighted by atomic mass is 9.94. The van der Waals surface area contributed by atoms with Crippen LogP contribution < -0.4 is 5.32 Å². The largest absolute Gasteiger partial charge is 0.463 e. The number of benzene rings is 2. The number of halogens is 1. The van der Waals surface area contributed by atoms with Crippen molar-refractivity contribution in [1.82, 2.24) is 10.2 Å². The molecule has 3 rings (SSSR count). The summed E-state index contributed by atoms with van der Waals surface area (Å²) in [7, 11) is 0. The number of rotatable bonds is 5. The SMILES string of the molecule is CCOC(=O)C1=C(C)N(Cc2ccccc2)C(=O)N[C@@H]1c1ccc(Br)cc1. The van der Waals surface area contributed by atoms with Crippen molar-refractivity contribution in [2.45, 2.75) is 26.4 Å². The molecular weight excluding hydrogens is 408 g/mol. The molecule has 0 aromatic heterocycles. The molecule has 0 unspecified atom stereocenters. The summed E-state index contributed by atoms with van der Waals surface area (Å²) in [6, 6.07) is 16.4. The van der Waals surface area contributed by atoms with E-state index in [-0.39, 0.29) is 12.6 Å². The number of esters is 1. The van der Waals surface area contributed by atoms with Crippen molar-refractivity contribution in [3.05, 3.63) is 81.5 Å². The van der Waals surface area contributed by atoms with Crippen LogP contribution in [0, 0.1) is 0 Å². The van der Waals surface area contributed by atoms with Crippen LogP contribution in [0.2, 0.25) is 0 Å². The average Bonchev–Trinajstić information content (AvgIpc) is 2.66. The Bertz CT molecular complexity index is 863. The summed E-state index contributed by atoms with van der Waals surface area (Å²) >= 11 is 3.41. The molecule has 1 heterocycles. The Kier molecular flexibility index (Phi) is 5.96. The molecule has 1 aliphatic rings. The van der Waals surface area contributed by atoms with Crippen molar-refractivity contribution >= 4 is 27.9 Å². The van der Waals surface area contributed by atoms with Gasteiger partial charge in [0.1, 0.15) is 0 Å². The summed E-state index contributed by atoms with van der Waals surface area (Å²) in [5, 5.41) is 2.96. The molecule has 0 fully saturated rings. The molecule has 6 heteroatoms. The van der Waals surface area contributed by atoms with E-state index in [9.17, 15) is 9.59 Å². The Morgan fingerprint density at radius 1 is 1.15 bits per heavy atom. The summed E-state index contributed by atoms with van der Waals surface area (Å²) in [4.78, 5) is 27.1. The number of amides is 2. The van der Waals surface area contributed by atoms with Crippen LogP contribution in [0.5, 0.6) is 0 Å². The molecule has 1 N–H and O–H groups in total. The lowest BCUT2D eigenvalue weighted by Crippen LogP contribution is -2.47. The van der Waals surface area contributed by atoms with Crippen molar-refractivity contribution in [3.63, 3.8) is 0 Å². The fourth-order valence-corrected chi connectivity index (χ4v) is 3.38. The quantitative estimate of drug-likeness (QED) is 0.710. The predicted octanol–water partition coefficient (Wildman–Crippen LogP) is 4.55. The van der Waals surface area contributed by atoms with Crippen molar-refractivity contribution in [3.8, 4) is 0 Å². The number of urea groups is 1. The van der Waals surface area contributed by atoms with Gasteiger partial charge in [0.05, 0.1) is 24.8 Å². The Balaban J connectivity index is 2.02. The Morgan fingerprint density at radius 2 is 1.81 bits per heavy atom. The van der Waals surface area contributed by atoms with Gasteiger partial charge in [0.15, 0.2) is 0 Å². The lowest BCUT2D eigenvalue weighted by Gasteiger charge is -2.35. The molecule has 0 saturated heterocycles. The van der Waals surface area contributed by atoms with Crippen LogP contribution >= 0.6 is 15.9 Å². The van der Waals surface area contributed by atoms with E-state index in [1.54, 1.807) is 18.7 Å². The number of nitrogens with zero attached hydrogens (tertiary/aromatic N) is 1. The highest BCUT2D eigenvalue weighted by molar-refractivity contribution is 9.10. The van der Waals surface area contributed by atoms with Gasteiger partial charge in [0.2, 0.25) is 0 Å². The van der Waals surface area contributed by atoms with Crippen molar-refractivity contribution in [2.75, 3.05) is 6.61 Å². The molecule has 0 aliphatic carbocycles. The maximum absolute atomic E-state index is 12.8. The van der Waals surface area contributed by atoms with Crippen LogP contribution in [-0.4, -0.2) is 23.5 Å². The number of hydrogen-bond acceptors (Lipinski definition) is 3. The summed E-state index contributed by atoms with van der Waals surface area (Å²) < 4.78 is 6.21. The molecule has 0 spiro atoms. The average molecular weight is 429 g/mol. The molecule has 2 amide bonds. The molecule has 1 aliphatic heterocycles. The van der Waals surface area contributed by atoms with Crippen LogP contribution in [0.1, 0.15) is 31.0 Å². The van der Waals surface area contributed by atoms with Gasteiger partial charge in [-0.2, -0.15) is 0 Å². The van der Waals surface area contributed by atoms with E-state index < -0.39 is 12.0 Å². The predicted molar refractivity (Wildman–Crippen MR) is 107 cm³/mol. The molecule has 5 nitrogen and oxygen atoms in total. The first kappa shape index (κ1) is 19.2. The van der Waals surface area contributed by atoms with E-state index >= 15 is 0 Å². The normalized spacial score (nSPS) is 16.9. The fourth-order valence-electron chi connectivity index (χ4n) is 3.12. The first-order chi connectivity index (χ1) is 13.0. The van der Waals surface area contributed by atoms with E-state index in [0.29, 0.717) is 17.8 Å². The van der Waals surface area contributed by atoms with Crippen LogP contribution in [-0.2, 0) is 16.1 Å². The van der Waals surface area contributed by atoms with E-state index in [4.69, 9.17) is 4.74 Å². The number of carbonyl (C=O) groups is 2. The minimum absolute atomic E-state index is 0.239. The second kappa shape index (κ2) is 8.39. The van der Waals surface area contributed by atoms with E-state index in [1.807, 2.05) is 54.6 Å². The summed E-state index contributed by atoms with van der Waals surface area (Å²) in [5.74, 6) is -0.416. The topological polar surface area (TPSA) is 58.6 Å². The smallest absolute Gasteiger partial charge is 0.338 e. The fraction of sp³-hybridized carbons (Fsp3) is 0.238. The third-order valence-corrected chi connectivity index (χ3v) is 5.01. The second-order valence-corrected chi connectivity index (χ2v) is 7.14. The van der Waals surface area contributed by atoms with Gasteiger partial charge < -0.3 is 10.1 Å². The van der Waals surface area contributed by atoms with Gasteiger partial charge in [-0.1, -0.05) is 58.4 Å². The Labute approximate surface area is 167 Å². The minimum Gasteiger partial charge on any atom is -0.463 e. The maximum Gasteiger partial charge on any atom is 0.338 e. The van der Waals surface area contributed by atoms with Gasteiger partial charge in [-0.05, 0) is 37.1 Å². The second-order valence-electron chi connectivity index (χ2n) is 6.23. The van der Waals surface area contributed by atoms with Gasteiger partial charge >= 0.3 is 12.0 Å². The van der Waals surface area contributed by atoms with Crippen LogP contribution in [0.3, 0.4) is 0 Å². The Morgan fingerprint density at radius 3 is 2.44 bits per heavy atom. The van der Waals surface area contributed by atoms with Gasteiger partial charge in [-0.15, -0.1) is 0 Å². The van der Waals surface area contributed by atoms with Gasteiger partial charge in [-0.25, -0.2) is 9.59 Å². The highest BCUT2D eigenvalue weighted by atomic mass is 79.9. The molecule has 0 saturated carbocycles. The van der Waals surface area contributed by atoms with Gasteiger partial charge in [0.25, 0.3) is 0 Å². The third-order valence-electron chi connectivity index (χ3n) is 4.48. The maximum atomic E-state index is 12.8. The number of carbonyl (C=O) groups excluding carboxylic acids is 2. The van der Waals surface area contributed by atoms with Crippen molar-refractivity contribution in [1.29, 1.82) is 0 Å². The van der Waals surface area contributed by atoms with E-state index in [2.05, 4.69) is 21.2 Å². The molecule has 0 bridgehead atoms. The first-order valence-electron chi connectivity index (χ1n) is 8.76. The van der Waals surface area contributed by atoms with Gasteiger partial charge in [-0.3, -0.25) is 4.90 Å². The van der Waals surface area contributed by atoms with Crippen molar-refractivity contribution < 1.29 is 14.3 Å².